The van der Waals surface area contributed by atoms with Crippen molar-refractivity contribution in [2.75, 3.05) is 5.73 Å². The van der Waals surface area contributed by atoms with Gasteiger partial charge in [-0.25, -0.2) is 0 Å². The molecule has 0 fully saturated rings. The van der Waals surface area contributed by atoms with Gasteiger partial charge in [0.2, 0.25) is 0 Å². The monoisotopic (exact) mass is 258 g/mol. The van der Waals surface area contributed by atoms with E-state index >= 15 is 0 Å². The van der Waals surface area contributed by atoms with Gasteiger partial charge in [-0.1, -0.05) is 13.8 Å². The number of pyridine rings is 1. The van der Waals surface area contributed by atoms with Crippen LogP contribution in [0.4, 0.5) is 5.69 Å². The SMILES string of the molecule is Cc1nc2ccc(OC(C)C)cc2c(N)c1C(C)C. The summed E-state index contributed by atoms with van der Waals surface area (Å²) in [6.45, 7) is 10.3. The molecule has 0 bridgehead atoms. The number of ether oxygens (including phenoxy) is 1. The summed E-state index contributed by atoms with van der Waals surface area (Å²) in [5.74, 6) is 1.21. The topological polar surface area (TPSA) is 48.1 Å². The minimum atomic E-state index is 0.154. The first-order valence-corrected chi connectivity index (χ1v) is 6.76. The van der Waals surface area contributed by atoms with Crippen LogP contribution in [0.25, 0.3) is 10.9 Å². The fourth-order valence-electron chi connectivity index (χ4n) is 2.48. The molecule has 1 aromatic heterocycles. The highest BCUT2D eigenvalue weighted by Gasteiger charge is 2.13. The normalized spacial score (nSPS) is 11.5. The quantitative estimate of drug-likeness (QED) is 0.904. The lowest BCUT2D eigenvalue weighted by Gasteiger charge is -2.16. The zero-order valence-electron chi connectivity index (χ0n) is 12.3. The van der Waals surface area contributed by atoms with Gasteiger partial charge in [-0.2, -0.15) is 0 Å². The van der Waals surface area contributed by atoms with Gasteiger partial charge in [0.15, 0.2) is 0 Å². The first kappa shape index (κ1) is 13.7. The van der Waals surface area contributed by atoms with Crippen molar-refractivity contribution < 1.29 is 4.74 Å². The number of hydrogen-bond acceptors (Lipinski definition) is 3. The molecule has 1 aromatic carbocycles. The lowest BCUT2D eigenvalue weighted by molar-refractivity contribution is 0.243. The summed E-state index contributed by atoms with van der Waals surface area (Å²) >= 11 is 0. The molecule has 102 valence electrons. The molecule has 2 rings (SSSR count). The van der Waals surface area contributed by atoms with Crippen LogP contribution in [0.1, 0.15) is 44.9 Å². The third kappa shape index (κ3) is 2.65. The van der Waals surface area contributed by atoms with Gasteiger partial charge in [0.25, 0.3) is 0 Å². The maximum absolute atomic E-state index is 6.32. The van der Waals surface area contributed by atoms with Crippen LogP contribution in [0.5, 0.6) is 5.75 Å². The number of nitrogens with two attached hydrogens (primary N) is 1. The van der Waals surface area contributed by atoms with Gasteiger partial charge in [0.1, 0.15) is 5.75 Å². The van der Waals surface area contributed by atoms with Gasteiger partial charge in [0.05, 0.1) is 11.6 Å². The number of aromatic nitrogens is 1. The van der Waals surface area contributed by atoms with Gasteiger partial charge in [-0.3, -0.25) is 4.98 Å². The van der Waals surface area contributed by atoms with E-state index in [9.17, 15) is 0 Å². The second-order valence-corrected chi connectivity index (χ2v) is 5.52. The Labute approximate surface area is 114 Å². The molecule has 0 aliphatic rings. The summed E-state index contributed by atoms with van der Waals surface area (Å²) in [4.78, 5) is 4.64. The molecule has 0 saturated heterocycles. The Balaban J connectivity index is 2.63. The lowest BCUT2D eigenvalue weighted by atomic mass is 9.97. The van der Waals surface area contributed by atoms with Crippen molar-refractivity contribution >= 4 is 16.6 Å². The molecule has 2 N–H and O–H groups in total. The van der Waals surface area contributed by atoms with E-state index in [1.165, 1.54) is 0 Å². The van der Waals surface area contributed by atoms with Crippen LogP contribution >= 0.6 is 0 Å². The first-order chi connectivity index (χ1) is 8.90. The van der Waals surface area contributed by atoms with Gasteiger partial charge >= 0.3 is 0 Å². The molecular formula is C16H22N2O. The lowest BCUT2D eigenvalue weighted by Crippen LogP contribution is -2.06. The third-order valence-corrected chi connectivity index (χ3v) is 3.18. The van der Waals surface area contributed by atoms with Gasteiger partial charge < -0.3 is 10.5 Å². The van der Waals surface area contributed by atoms with E-state index in [0.717, 1.165) is 33.6 Å². The highest BCUT2D eigenvalue weighted by Crippen LogP contribution is 2.33. The van der Waals surface area contributed by atoms with E-state index in [1.807, 2.05) is 39.0 Å². The van der Waals surface area contributed by atoms with Crippen molar-refractivity contribution in [3.8, 4) is 5.75 Å². The maximum Gasteiger partial charge on any atom is 0.120 e. The number of nitrogens with zero attached hydrogens (tertiary/aromatic N) is 1. The van der Waals surface area contributed by atoms with Crippen LogP contribution < -0.4 is 10.5 Å². The van der Waals surface area contributed by atoms with Gasteiger partial charge in [-0.05, 0) is 50.5 Å². The number of benzene rings is 1. The minimum absolute atomic E-state index is 0.154. The number of rotatable bonds is 3. The van der Waals surface area contributed by atoms with Crippen molar-refractivity contribution in [3.05, 3.63) is 29.5 Å². The fourth-order valence-corrected chi connectivity index (χ4v) is 2.48. The van der Waals surface area contributed by atoms with Crippen LogP contribution in [0.3, 0.4) is 0 Å². The van der Waals surface area contributed by atoms with Crippen molar-refractivity contribution in [1.82, 2.24) is 4.98 Å². The van der Waals surface area contributed by atoms with Crippen LogP contribution in [0, 0.1) is 6.92 Å². The molecule has 0 unspecified atom stereocenters. The Morgan fingerprint density at radius 3 is 2.42 bits per heavy atom. The average molecular weight is 258 g/mol. The van der Waals surface area contributed by atoms with E-state index in [4.69, 9.17) is 10.5 Å². The molecule has 1 heterocycles. The van der Waals surface area contributed by atoms with Crippen molar-refractivity contribution in [3.63, 3.8) is 0 Å². The predicted octanol–water partition coefficient (Wildman–Crippen LogP) is 4.04. The molecular weight excluding hydrogens is 236 g/mol. The van der Waals surface area contributed by atoms with E-state index in [1.54, 1.807) is 0 Å². The number of fused-ring (bicyclic) bond motifs is 1. The largest absolute Gasteiger partial charge is 0.491 e. The Bertz CT molecular complexity index is 603. The molecule has 0 amide bonds. The first-order valence-electron chi connectivity index (χ1n) is 6.76. The average Bonchev–Trinajstić information content (AvgIpc) is 2.28. The number of nitrogen functional groups attached to an aromatic ring is 1. The molecule has 19 heavy (non-hydrogen) atoms. The highest BCUT2D eigenvalue weighted by molar-refractivity contribution is 5.93. The molecule has 3 heteroatoms. The smallest absolute Gasteiger partial charge is 0.120 e. The number of hydrogen-bond donors (Lipinski definition) is 1. The van der Waals surface area contributed by atoms with Crippen LogP contribution in [-0.2, 0) is 0 Å². The van der Waals surface area contributed by atoms with E-state index in [2.05, 4.69) is 18.8 Å². The Morgan fingerprint density at radius 2 is 1.84 bits per heavy atom. The summed E-state index contributed by atoms with van der Waals surface area (Å²) in [7, 11) is 0. The zero-order chi connectivity index (χ0) is 14.2. The molecule has 0 atom stereocenters. The maximum atomic E-state index is 6.32. The molecule has 0 aliphatic carbocycles. The minimum Gasteiger partial charge on any atom is -0.491 e. The van der Waals surface area contributed by atoms with Crippen LogP contribution in [0.2, 0.25) is 0 Å². The highest BCUT2D eigenvalue weighted by atomic mass is 16.5. The van der Waals surface area contributed by atoms with E-state index in [-0.39, 0.29) is 6.10 Å². The van der Waals surface area contributed by atoms with Crippen molar-refractivity contribution in [2.45, 2.75) is 46.6 Å². The summed E-state index contributed by atoms with van der Waals surface area (Å²) in [6, 6.07) is 5.91. The molecule has 0 aliphatic heterocycles. The van der Waals surface area contributed by atoms with Crippen molar-refractivity contribution in [2.24, 2.45) is 0 Å². The third-order valence-electron chi connectivity index (χ3n) is 3.18. The molecule has 0 radical (unpaired) electrons. The van der Waals surface area contributed by atoms with Crippen LogP contribution in [0.15, 0.2) is 18.2 Å². The molecule has 3 nitrogen and oxygen atoms in total. The second kappa shape index (κ2) is 5.08. The Morgan fingerprint density at radius 1 is 1.16 bits per heavy atom. The fraction of sp³-hybridized carbons (Fsp3) is 0.438. The van der Waals surface area contributed by atoms with Gasteiger partial charge in [0, 0.05) is 16.8 Å². The second-order valence-electron chi connectivity index (χ2n) is 5.52. The van der Waals surface area contributed by atoms with E-state index < -0.39 is 0 Å². The zero-order valence-corrected chi connectivity index (χ0v) is 12.3. The van der Waals surface area contributed by atoms with Crippen LogP contribution in [-0.4, -0.2) is 11.1 Å². The summed E-state index contributed by atoms with van der Waals surface area (Å²) in [6.07, 6.45) is 0.154. The standard InChI is InChI=1S/C16H22N2O/c1-9(2)15-11(5)18-14-7-6-12(19-10(3)4)8-13(14)16(15)17/h6-10H,1-5H3,(H2,17,18). The Hall–Kier alpha value is -1.77. The number of anilines is 1. The van der Waals surface area contributed by atoms with Crippen molar-refractivity contribution in [1.29, 1.82) is 0 Å². The number of aryl methyl sites for hydroxylation is 1. The molecule has 0 saturated carbocycles. The summed E-state index contributed by atoms with van der Waals surface area (Å²) in [5.41, 5.74) is 10.2. The van der Waals surface area contributed by atoms with E-state index in [0.29, 0.717) is 5.92 Å². The molecule has 0 spiro atoms. The predicted molar refractivity (Wildman–Crippen MR) is 80.7 cm³/mol. The van der Waals surface area contributed by atoms with Gasteiger partial charge in [-0.15, -0.1) is 0 Å². The summed E-state index contributed by atoms with van der Waals surface area (Å²) in [5, 5.41) is 0.979. The molecule has 2 aromatic rings. The summed E-state index contributed by atoms with van der Waals surface area (Å²) < 4.78 is 5.72. The Kier molecular flexibility index (Phi) is 3.65.